The van der Waals surface area contributed by atoms with E-state index in [4.69, 9.17) is 9.84 Å². The molecule has 5 heterocycles. The Bertz CT molecular complexity index is 1360. The molecule has 2 aliphatic rings. The molecule has 4 aromatic rings. The third-order valence-electron chi connectivity index (χ3n) is 7.05. The van der Waals surface area contributed by atoms with Crippen LogP contribution in [0.1, 0.15) is 48.8 Å². The fraction of sp³-hybridized carbons (Fsp3) is 0.458. The van der Waals surface area contributed by atoms with E-state index in [1.54, 1.807) is 17.0 Å². The number of likely N-dealkylation sites (tertiary alicyclic amines) is 1. The minimum atomic E-state index is -0.119. The molecule has 1 aromatic carbocycles. The van der Waals surface area contributed by atoms with Crippen LogP contribution in [0.4, 0.5) is 0 Å². The van der Waals surface area contributed by atoms with Crippen molar-refractivity contribution in [1.82, 2.24) is 34.4 Å². The maximum Gasteiger partial charge on any atom is 0.276 e. The Balaban J connectivity index is 1.26. The Morgan fingerprint density at radius 2 is 2.03 bits per heavy atom. The van der Waals surface area contributed by atoms with E-state index in [0.29, 0.717) is 11.4 Å². The summed E-state index contributed by atoms with van der Waals surface area (Å²) < 4.78 is 7.28. The molecule has 6 rings (SSSR count). The molecule has 9 heteroatoms. The van der Waals surface area contributed by atoms with Gasteiger partial charge in [0, 0.05) is 56.3 Å². The lowest BCUT2D eigenvalue weighted by Crippen LogP contribution is -2.24. The summed E-state index contributed by atoms with van der Waals surface area (Å²) in [6.07, 6.45) is 6.90. The molecule has 33 heavy (non-hydrogen) atoms. The molecule has 3 aromatic heterocycles. The predicted molar refractivity (Wildman–Crippen MR) is 123 cm³/mol. The van der Waals surface area contributed by atoms with E-state index in [-0.39, 0.29) is 17.4 Å². The van der Waals surface area contributed by atoms with E-state index in [9.17, 15) is 4.79 Å². The first-order valence-electron chi connectivity index (χ1n) is 11.6. The van der Waals surface area contributed by atoms with Crippen LogP contribution in [0.3, 0.4) is 0 Å². The Morgan fingerprint density at radius 1 is 1.15 bits per heavy atom. The van der Waals surface area contributed by atoms with Gasteiger partial charge in [-0.15, -0.1) is 0 Å². The lowest BCUT2D eigenvalue weighted by Gasteiger charge is -2.21. The Kier molecular flexibility index (Phi) is 5.15. The van der Waals surface area contributed by atoms with Crippen LogP contribution in [0.15, 0.2) is 41.7 Å². The molecule has 0 radical (unpaired) electrons. The number of H-pyrrole nitrogens is 1. The van der Waals surface area contributed by atoms with Crippen LogP contribution in [0.5, 0.6) is 0 Å². The van der Waals surface area contributed by atoms with Crippen molar-refractivity contribution in [1.29, 1.82) is 0 Å². The summed E-state index contributed by atoms with van der Waals surface area (Å²) in [5.74, 6) is 2.44. The summed E-state index contributed by atoms with van der Waals surface area (Å²) >= 11 is 0. The van der Waals surface area contributed by atoms with Crippen LogP contribution < -0.4 is 5.56 Å². The van der Waals surface area contributed by atoms with Crippen molar-refractivity contribution >= 4 is 16.4 Å². The van der Waals surface area contributed by atoms with Crippen molar-refractivity contribution in [3.05, 3.63) is 64.5 Å². The Labute approximate surface area is 190 Å². The molecule has 0 bridgehead atoms. The lowest BCUT2D eigenvalue weighted by atomic mass is 9.97. The smallest absolute Gasteiger partial charge is 0.276 e. The monoisotopic (exact) mass is 445 g/mol. The van der Waals surface area contributed by atoms with Gasteiger partial charge in [0.2, 0.25) is 0 Å². The number of aromatic nitrogens is 6. The molecule has 9 nitrogen and oxygen atoms in total. The molecule has 2 aliphatic heterocycles. The molecule has 1 N–H and O–H groups in total. The SMILES string of the molecule is CC1CN(Cc2ccc3ncncc3c2)CC1c1nn2c(C3CCOCC3)ncc2c(=O)[nH]1. The highest BCUT2D eigenvalue weighted by Crippen LogP contribution is 2.32. The molecule has 0 spiro atoms. The van der Waals surface area contributed by atoms with E-state index >= 15 is 0 Å². The molecule has 2 saturated heterocycles. The van der Waals surface area contributed by atoms with Crippen molar-refractivity contribution in [2.45, 2.75) is 38.1 Å². The van der Waals surface area contributed by atoms with Crippen LogP contribution in [0.2, 0.25) is 0 Å². The van der Waals surface area contributed by atoms with E-state index < -0.39 is 0 Å². The van der Waals surface area contributed by atoms with Gasteiger partial charge in [-0.25, -0.2) is 19.5 Å². The second kappa shape index (κ2) is 8.31. The van der Waals surface area contributed by atoms with Crippen LogP contribution >= 0.6 is 0 Å². The first-order chi connectivity index (χ1) is 16.2. The summed E-state index contributed by atoms with van der Waals surface area (Å²) in [7, 11) is 0. The summed E-state index contributed by atoms with van der Waals surface area (Å²) in [5, 5.41) is 5.95. The largest absolute Gasteiger partial charge is 0.381 e. The molecule has 170 valence electrons. The number of benzene rings is 1. The summed E-state index contributed by atoms with van der Waals surface area (Å²) in [5.41, 5.74) is 2.59. The third-order valence-corrected chi connectivity index (χ3v) is 7.05. The first-order valence-corrected chi connectivity index (χ1v) is 11.6. The van der Waals surface area contributed by atoms with Gasteiger partial charge in [-0.2, -0.15) is 5.10 Å². The van der Waals surface area contributed by atoms with Crippen LogP contribution in [0.25, 0.3) is 16.4 Å². The number of nitrogens with zero attached hydrogens (tertiary/aromatic N) is 6. The lowest BCUT2D eigenvalue weighted by molar-refractivity contribution is 0.0832. The van der Waals surface area contributed by atoms with Gasteiger partial charge in [-0.3, -0.25) is 9.69 Å². The topological polar surface area (TPSA) is 101 Å². The number of rotatable bonds is 4. The molecular weight excluding hydrogens is 418 g/mol. The van der Waals surface area contributed by atoms with Crippen molar-refractivity contribution in [3.63, 3.8) is 0 Å². The first kappa shape index (κ1) is 20.4. The van der Waals surface area contributed by atoms with Crippen LogP contribution in [0, 0.1) is 5.92 Å². The van der Waals surface area contributed by atoms with E-state index in [1.165, 1.54) is 5.56 Å². The zero-order valence-electron chi connectivity index (χ0n) is 18.6. The van der Waals surface area contributed by atoms with Gasteiger partial charge in [-0.05, 0) is 36.5 Å². The maximum absolute atomic E-state index is 12.8. The Morgan fingerprint density at radius 3 is 2.91 bits per heavy atom. The quantitative estimate of drug-likeness (QED) is 0.515. The van der Waals surface area contributed by atoms with Gasteiger partial charge in [0.25, 0.3) is 5.56 Å². The second-order valence-electron chi connectivity index (χ2n) is 9.33. The number of nitrogens with one attached hydrogen (secondary N) is 1. The fourth-order valence-electron chi connectivity index (χ4n) is 5.28. The highest BCUT2D eigenvalue weighted by Gasteiger charge is 2.33. The minimum absolute atomic E-state index is 0.119. The summed E-state index contributed by atoms with van der Waals surface area (Å²) in [6.45, 7) is 6.33. The number of ether oxygens (including phenoxy) is 1. The van der Waals surface area contributed by atoms with Crippen LogP contribution in [-0.2, 0) is 11.3 Å². The van der Waals surface area contributed by atoms with Gasteiger partial charge >= 0.3 is 0 Å². The standard InChI is InChI=1S/C24H27N7O2/c1-15-11-30(12-16-2-3-20-18(8-16)9-25-14-27-20)13-19(15)22-28-24(32)21-10-26-23(31(21)29-22)17-4-6-33-7-5-17/h2-3,8-10,14-15,17,19H,4-7,11-13H2,1H3,(H,28,29,32). The van der Waals surface area contributed by atoms with Gasteiger partial charge in [0.1, 0.15) is 18.0 Å². The molecular formula is C24H27N7O2. The number of hydrogen-bond donors (Lipinski definition) is 1. The normalized spacial score (nSPS) is 22.5. The molecule has 0 saturated carbocycles. The van der Waals surface area contributed by atoms with Crippen molar-refractivity contribution < 1.29 is 4.74 Å². The highest BCUT2D eigenvalue weighted by atomic mass is 16.5. The van der Waals surface area contributed by atoms with E-state index in [2.05, 4.69) is 43.9 Å². The molecule has 2 unspecified atom stereocenters. The average Bonchev–Trinajstić information content (AvgIpc) is 3.43. The van der Waals surface area contributed by atoms with Crippen molar-refractivity contribution in [2.24, 2.45) is 5.92 Å². The van der Waals surface area contributed by atoms with Gasteiger partial charge < -0.3 is 9.72 Å². The molecule has 2 fully saturated rings. The van der Waals surface area contributed by atoms with Crippen LogP contribution in [-0.4, -0.2) is 60.8 Å². The Hall–Kier alpha value is -3.17. The van der Waals surface area contributed by atoms with E-state index in [0.717, 1.165) is 68.2 Å². The third kappa shape index (κ3) is 3.81. The highest BCUT2D eigenvalue weighted by molar-refractivity contribution is 5.77. The minimum Gasteiger partial charge on any atom is -0.381 e. The van der Waals surface area contributed by atoms with Gasteiger partial charge in [0.05, 0.1) is 11.7 Å². The molecule has 0 aliphatic carbocycles. The summed E-state index contributed by atoms with van der Waals surface area (Å²) in [6, 6.07) is 6.34. The molecule has 2 atom stereocenters. The van der Waals surface area contributed by atoms with E-state index in [1.807, 2.05) is 12.3 Å². The number of fused-ring (bicyclic) bond motifs is 2. The van der Waals surface area contributed by atoms with Crippen molar-refractivity contribution in [3.8, 4) is 0 Å². The fourth-order valence-corrected chi connectivity index (χ4v) is 5.28. The molecule has 0 amide bonds. The zero-order chi connectivity index (χ0) is 22.4. The van der Waals surface area contributed by atoms with Crippen molar-refractivity contribution in [2.75, 3.05) is 26.3 Å². The average molecular weight is 446 g/mol. The van der Waals surface area contributed by atoms with Gasteiger partial charge in [-0.1, -0.05) is 13.0 Å². The second-order valence-corrected chi connectivity index (χ2v) is 9.33. The number of hydrogen-bond acceptors (Lipinski definition) is 7. The number of imidazole rings is 1. The number of aromatic amines is 1. The zero-order valence-corrected chi connectivity index (χ0v) is 18.6. The predicted octanol–water partition coefficient (Wildman–Crippen LogP) is 2.49. The summed E-state index contributed by atoms with van der Waals surface area (Å²) in [4.78, 5) is 31.3. The van der Waals surface area contributed by atoms with Gasteiger partial charge in [0.15, 0.2) is 5.52 Å². The maximum atomic E-state index is 12.8.